The molecule has 2 aromatic heterocycles. The van der Waals surface area contributed by atoms with Crippen LogP contribution in [-0.2, 0) is 24.6 Å². The molecule has 3 aromatic rings. The van der Waals surface area contributed by atoms with Gasteiger partial charge in [0.15, 0.2) is 16.6 Å². The molecule has 0 bridgehead atoms. The van der Waals surface area contributed by atoms with Gasteiger partial charge in [-0.15, -0.1) is 0 Å². The maximum atomic E-state index is 12.6. The first-order valence-electron chi connectivity index (χ1n) is 9.57. The van der Waals surface area contributed by atoms with E-state index < -0.39 is 0 Å². The van der Waals surface area contributed by atoms with Gasteiger partial charge in [0.2, 0.25) is 6.79 Å². The second kappa shape index (κ2) is 7.11. The summed E-state index contributed by atoms with van der Waals surface area (Å²) < 4.78 is 24.2. The molecule has 0 fully saturated rings. The number of rotatable bonds is 4. The quantitative estimate of drug-likeness (QED) is 0.594. The SMILES string of the molecule is CCOC(=O)c1sc(Oc2ccc3c(c2)OCO3)c2c1CCCc1cn(C)nc1-2. The number of ether oxygens (including phenoxy) is 4. The summed E-state index contributed by atoms with van der Waals surface area (Å²) in [5.41, 5.74) is 3.89. The Kier molecular flexibility index (Phi) is 4.43. The molecule has 0 unspecified atom stereocenters. The number of esters is 1. The summed E-state index contributed by atoms with van der Waals surface area (Å²) in [6.45, 7) is 2.35. The second-order valence-corrected chi connectivity index (χ2v) is 7.92. The number of thiophene rings is 1. The van der Waals surface area contributed by atoms with Gasteiger partial charge in [0.25, 0.3) is 0 Å². The van der Waals surface area contributed by atoms with Gasteiger partial charge < -0.3 is 18.9 Å². The minimum Gasteiger partial charge on any atom is -0.462 e. The Balaban J connectivity index is 1.62. The number of aromatic nitrogens is 2. The average Bonchev–Trinajstić information content (AvgIpc) is 3.37. The minimum absolute atomic E-state index is 0.206. The number of carbonyl (C=O) groups is 1. The molecule has 8 heteroatoms. The normalized spacial score (nSPS) is 14.1. The van der Waals surface area contributed by atoms with Gasteiger partial charge in [0.1, 0.15) is 16.3 Å². The molecule has 29 heavy (non-hydrogen) atoms. The highest BCUT2D eigenvalue weighted by Crippen LogP contribution is 2.48. The Morgan fingerprint density at radius 3 is 3.00 bits per heavy atom. The van der Waals surface area contributed by atoms with E-state index in [-0.39, 0.29) is 12.8 Å². The molecule has 0 spiro atoms. The van der Waals surface area contributed by atoms with Crippen LogP contribution in [0.5, 0.6) is 22.3 Å². The largest absolute Gasteiger partial charge is 0.462 e. The van der Waals surface area contributed by atoms with Gasteiger partial charge in [0, 0.05) is 19.3 Å². The van der Waals surface area contributed by atoms with E-state index in [4.69, 9.17) is 18.9 Å². The highest BCUT2D eigenvalue weighted by atomic mass is 32.1. The Morgan fingerprint density at radius 2 is 2.14 bits per heavy atom. The first kappa shape index (κ1) is 18.1. The van der Waals surface area contributed by atoms with E-state index in [1.165, 1.54) is 11.3 Å². The zero-order valence-electron chi connectivity index (χ0n) is 16.2. The summed E-state index contributed by atoms with van der Waals surface area (Å²) in [6, 6.07) is 5.45. The van der Waals surface area contributed by atoms with Crippen molar-refractivity contribution in [2.75, 3.05) is 13.4 Å². The van der Waals surface area contributed by atoms with E-state index in [9.17, 15) is 4.79 Å². The lowest BCUT2D eigenvalue weighted by Gasteiger charge is -2.07. The van der Waals surface area contributed by atoms with Gasteiger partial charge in [-0.05, 0) is 49.4 Å². The average molecular weight is 412 g/mol. The molecular weight excluding hydrogens is 392 g/mol. The van der Waals surface area contributed by atoms with E-state index in [2.05, 4.69) is 5.10 Å². The van der Waals surface area contributed by atoms with Gasteiger partial charge in [0.05, 0.1) is 12.2 Å². The zero-order chi connectivity index (χ0) is 20.0. The topological polar surface area (TPSA) is 71.8 Å². The van der Waals surface area contributed by atoms with Crippen molar-refractivity contribution in [1.82, 2.24) is 9.78 Å². The lowest BCUT2D eigenvalue weighted by Crippen LogP contribution is -2.05. The first-order valence-corrected chi connectivity index (χ1v) is 10.4. The molecule has 1 aromatic carbocycles. The summed E-state index contributed by atoms with van der Waals surface area (Å²) in [4.78, 5) is 13.2. The van der Waals surface area contributed by atoms with Crippen LogP contribution in [0, 0.1) is 0 Å². The Hall–Kier alpha value is -3.00. The highest BCUT2D eigenvalue weighted by molar-refractivity contribution is 7.16. The van der Waals surface area contributed by atoms with Crippen LogP contribution in [-0.4, -0.2) is 29.1 Å². The van der Waals surface area contributed by atoms with Gasteiger partial charge >= 0.3 is 5.97 Å². The molecule has 0 saturated carbocycles. The Morgan fingerprint density at radius 1 is 1.28 bits per heavy atom. The van der Waals surface area contributed by atoms with Crippen molar-refractivity contribution in [2.45, 2.75) is 26.2 Å². The monoisotopic (exact) mass is 412 g/mol. The number of benzene rings is 1. The first-order chi connectivity index (χ1) is 14.1. The molecule has 0 saturated heterocycles. The second-order valence-electron chi connectivity index (χ2n) is 6.94. The van der Waals surface area contributed by atoms with Crippen LogP contribution < -0.4 is 14.2 Å². The van der Waals surface area contributed by atoms with Crippen molar-refractivity contribution in [3.05, 3.63) is 40.4 Å². The molecule has 0 amide bonds. The lowest BCUT2D eigenvalue weighted by molar-refractivity contribution is 0.0531. The highest BCUT2D eigenvalue weighted by Gasteiger charge is 2.31. The van der Waals surface area contributed by atoms with E-state index in [1.54, 1.807) is 6.07 Å². The third-order valence-corrected chi connectivity index (χ3v) is 6.09. The molecule has 150 valence electrons. The van der Waals surface area contributed by atoms with Gasteiger partial charge in [-0.25, -0.2) is 4.79 Å². The lowest BCUT2D eigenvalue weighted by atomic mass is 10.1. The van der Waals surface area contributed by atoms with Crippen LogP contribution in [0.15, 0.2) is 24.4 Å². The third-order valence-electron chi connectivity index (χ3n) is 5.00. The van der Waals surface area contributed by atoms with Crippen molar-refractivity contribution >= 4 is 17.3 Å². The summed E-state index contributed by atoms with van der Waals surface area (Å²) in [7, 11) is 1.91. The van der Waals surface area contributed by atoms with Crippen molar-refractivity contribution < 1.29 is 23.7 Å². The smallest absolute Gasteiger partial charge is 0.348 e. The van der Waals surface area contributed by atoms with Crippen molar-refractivity contribution in [3.63, 3.8) is 0 Å². The van der Waals surface area contributed by atoms with Crippen molar-refractivity contribution in [2.24, 2.45) is 7.05 Å². The number of aryl methyl sites for hydroxylation is 2. The molecule has 2 aliphatic rings. The van der Waals surface area contributed by atoms with Gasteiger partial charge in [-0.2, -0.15) is 5.10 Å². The Bertz CT molecular complexity index is 1100. The third kappa shape index (κ3) is 3.13. The number of fused-ring (bicyclic) bond motifs is 4. The van der Waals surface area contributed by atoms with Crippen LogP contribution in [0.3, 0.4) is 0 Å². The van der Waals surface area contributed by atoms with Crippen molar-refractivity contribution in [1.29, 1.82) is 0 Å². The molecular formula is C21H20N2O5S. The van der Waals surface area contributed by atoms with Crippen molar-refractivity contribution in [3.8, 4) is 33.6 Å². The molecule has 0 radical (unpaired) electrons. The molecule has 1 aliphatic heterocycles. The minimum atomic E-state index is -0.311. The standard InChI is InChI=1S/C21H20N2O5S/c1-3-25-20(24)19-14-6-4-5-12-10-23(2)22-18(12)17(14)21(29-19)28-13-7-8-15-16(9-13)27-11-26-15/h7-10H,3-6,11H2,1-2H3. The summed E-state index contributed by atoms with van der Waals surface area (Å²) in [6.07, 6.45) is 4.67. The summed E-state index contributed by atoms with van der Waals surface area (Å²) >= 11 is 1.32. The summed E-state index contributed by atoms with van der Waals surface area (Å²) in [5, 5.41) is 5.32. The molecule has 1 aliphatic carbocycles. The van der Waals surface area contributed by atoms with Crippen LogP contribution in [0.2, 0.25) is 0 Å². The van der Waals surface area contributed by atoms with E-state index >= 15 is 0 Å². The number of carbonyl (C=O) groups excluding carboxylic acids is 1. The summed E-state index contributed by atoms with van der Waals surface area (Å²) in [5.74, 6) is 1.65. The fourth-order valence-electron chi connectivity index (χ4n) is 3.79. The number of hydrogen-bond donors (Lipinski definition) is 0. The number of hydrogen-bond acceptors (Lipinski definition) is 7. The number of nitrogens with zero attached hydrogens (tertiary/aromatic N) is 2. The van der Waals surface area contributed by atoms with E-state index in [0.717, 1.165) is 41.6 Å². The fourth-order valence-corrected chi connectivity index (χ4v) is 4.90. The van der Waals surface area contributed by atoms with E-state index in [1.807, 2.05) is 37.0 Å². The molecule has 7 nitrogen and oxygen atoms in total. The molecule has 3 heterocycles. The van der Waals surface area contributed by atoms with Crippen LogP contribution in [0.25, 0.3) is 11.3 Å². The molecule has 0 atom stereocenters. The predicted molar refractivity (Wildman–Crippen MR) is 107 cm³/mol. The van der Waals surface area contributed by atoms with Gasteiger partial charge in [-0.1, -0.05) is 11.3 Å². The van der Waals surface area contributed by atoms with Gasteiger partial charge in [-0.3, -0.25) is 4.68 Å². The zero-order valence-corrected chi connectivity index (χ0v) is 17.0. The maximum absolute atomic E-state index is 12.6. The van der Waals surface area contributed by atoms with E-state index in [0.29, 0.717) is 33.8 Å². The fraction of sp³-hybridized carbons (Fsp3) is 0.333. The molecule has 5 rings (SSSR count). The van der Waals surface area contributed by atoms with Crippen LogP contribution >= 0.6 is 11.3 Å². The predicted octanol–water partition coefficient (Wildman–Crippen LogP) is 4.34. The maximum Gasteiger partial charge on any atom is 0.348 e. The van der Waals surface area contributed by atoms with Crippen LogP contribution in [0.4, 0.5) is 0 Å². The van der Waals surface area contributed by atoms with Crippen LogP contribution in [0.1, 0.15) is 34.1 Å². The molecule has 0 N–H and O–H groups in total. The Labute approximate surface area is 171 Å².